The van der Waals surface area contributed by atoms with Crippen molar-refractivity contribution in [3.63, 3.8) is 0 Å². The lowest BCUT2D eigenvalue weighted by Crippen LogP contribution is -2.42. The molecule has 0 aliphatic heterocycles. The first-order chi connectivity index (χ1) is 9.08. The summed E-state index contributed by atoms with van der Waals surface area (Å²) in [5.41, 5.74) is 1.13. The van der Waals surface area contributed by atoms with Gasteiger partial charge >= 0.3 is 0 Å². The van der Waals surface area contributed by atoms with E-state index in [-0.39, 0.29) is 6.10 Å². The van der Waals surface area contributed by atoms with Gasteiger partial charge in [-0.1, -0.05) is 6.92 Å². The van der Waals surface area contributed by atoms with Crippen molar-refractivity contribution in [2.75, 3.05) is 13.2 Å². The zero-order valence-corrected chi connectivity index (χ0v) is 13.0. The second-order valence-corrected chi connectivity index (χ2v) is 5.31. The van der Waals surface area contributed by atoms with Gasteiger partial charge in [0.25, 0.3) is 0 Å². The second kappa shape index (κ2) is 8.33. The Bertz CT molecular complexity index is 349. The maximum absolute atomic E-state index is 5.73. The van der Waals surface area contributed by atoms with Crippen molar-refractivity contribution in [1.82, 2.24) is 15.1 Å². The topological polar surface area (TPSA) is 39.1 Å². The number of nitrogens with one attached hydrogen (secondary N) is 1. The molecule has 2 unspecified atom stereocenters. The number of ether oxygens (including phenoxy) is 1. The molecule has 19 heavy (non-hydrogen) atoms. The standard InChI is InChI=1S/C15H29N3O/c1-6-9-16-15(13(5)19-7-2)11-14-8-10-18(17-14)12(3)4/h8,10,12-13,15-16H,6-7,9,11H2,1-5H3. The predicted octanol–water partition coefficient (Wildman–Crippen LogP) is 2.80. The fourth-order valence-electron chi connectivity index (χ4n) is 2.11. The molecule has 1 N–H and O–H groups in total. The third-order valence-electron chi connectivity index (χ3n) is 3.27. The Balaban J connectivity index is 2.63. The maximum Gasteiger partial charge on any atom is 0.0703 e. The van der Waals surface area contributed by atoms with Crippen LogP contribution in [0.15, 0.2) is 12.3 Å². The van der Waals surface area contributed by atoms with Crippen molar-refractivity contribution in [2.24, 2.45) is 0 Å². The number of hydrogen-bond acceptors (Lipinski definition) is 3. The summed E-state index contributed by atoms with van der Waals surface area (Å²) in [4.78, 5) is 0. The normalized spacial score (nSPS) is 14.8. The molecular weight excluding hydrogens is 238 g/mol. The minimum absolute atomic E-state index is 0.209. The van der Waals surface area contributed by atoms with Crippen molar-refractivity contribution in [1.29, 1.82) is 0 Å². The van der Waals surface area contributed by atoms with Crippen molar-refractivity contribution in [3.05, 3.63) is 18.0 Å². The van der Waals surface area contributed by atoms with Crippen LogP contribution in [0.25, 0.3) is 0 Å². The molecule has 0 aliphatic rings. The summed E-state index contributed by atoms with van der Waals surface area (Å²) in [5.74, 6) is 0. The molecule has 4 nitrogen and oxygen atoms in total. The molecule has 0 amide bonds. The van der Waals surface area contributed by atoms with Gasteiger partial charge in [0.1, 0.15) is 0 Å². The van der Waals surface area contributed by atoms with E-state index in [1.165, 1.54) is 0 Å². The van der Waals surface area contributed by atoms with Crippen LogP contribution in [0.3, 0.4) is 0 Å². The highest BCUT2D eigenvalue weighted by molar-refractivity contribution is 5.03. The quantitative estimate of drug-likeness (QED) is 0.748. The molecular formula is C15H29N3O. The number of hydrogen-bond donors (Lipinski definition) is 1. The lowest BCUT2D eigenvalue weighted by atomic mass is 10.1. The lowest BCUT2D eigenvalue weighted by molar-refractivity contribution is 0.0473. The van der Waals surface area contributed by atoms with Gasteiger partial charge in [-0.25, -0.2) is 0 Å². The summed E-state index contributed by atoms with van der Waals surface area (Å²) >= 11 is 0. The summed E-state index contributed by atoms with van der Waals surface area (Å²) in [6.07, 6.45) is 4.32. The Kier molecular flexibility index (Phi) is 7.10. The Morgan fingerprint density at radius 1 is 1.32 bits per heavy atom. The molecule has 2 atom stereocenters. The lowest BCUT2D eigenvalue weighted by Gasteiger charge is -2.24. The minimum atomic E-state index is 0.209. The minimum Gasteiger partial charge on any atom is -0.377 e. The molecule has 1 aromatic heterocycles. The maximum atomic E-state index is 5.73. The van der Waals surface area contributed by atoms with Crippen LogP contribution >= 0.6 is 0 Å². The van der Waals surface area contributed by atoms with Gasteiger partial charge in [-0.2, -0.15) is 5.10 Å². The summed E-state index contributed by atoms with van der Waals surface area (Å²) in [7, 11) is 0. The number of rotatable bonds is 9. The summed E-state index contributed by atoms with van der Waals surface area (Å²) in [6.45, 7) is 12.4. The van der Waals surface area contributed by atoms with Gasteiger partial charge < -0.3 is 10.1 Å². The van der Waals surface area contributed by atoms with Gasteiger partial charge in [0.05, 0.1) is 11.8 Å². The summed E-state index contributed by atoms with van der Waals surface area (Å²) in [5, 5.41) is 8.19. The van der Waals surface area contributed by atoms with Crippen molar-refractivity contribution in [2.45, 2.75) is 65.6 Å². The molecule has 1 heterocycles. The van der Waals surface area contributed by atoms with Gasteiger partial charge in [0, 0.05) is 31.3 Å². The van der Waals surface area contributed by atoms with Crippen LogP contribution in [0.5, 0.6) is 0 Å². The molecule has 1 aromatic rings. The highest BCUT2D eigenvalue weighted by Gasteiger charge is 2.18. The molecule has 0 saturated heterocycles. The van der Waals surface area contributed by atoms with Crippen molar-refractivity contribution >= 4 is 0 Å². The van der Waals surface area contributed by atoms with Gasteiger partial charge in [0.15, 0.2) is 0 Å². The van der Waals surface area contributed by atoms with E-state index in [1.54, 1.807) is 0 Å². The van der Waals surface area contributed by atoms with E-state index in [4.69, 9.17) is 4.74 Å². The van der Waals surface area contributed by atoms with E-state index >= 15 is 0 Å². The molecule has 0 bridgehead atoms. The summed E-state index contributed by atoms with van der Waals surface area (Å²) < 4.78 is 7.74. The average molecular weight is 267 g/mol. The largest absolute Gasteiger partial charge is 0.377 e. The highest BCUT2D eigenvalue weighted by Crippen LogP contribution is 2.10. The Labute approximate surface area is 117 Å². The second-order valence-electron chi connectivity index (χ2n) is 5.31. The van der Waals surface area contributed by atoms with E-state index in [2.05, 4.69) is 50.4 Å². The molecule has 0 radical (unpaired) electrons. The van der Waals surface area contributed by atoms with Crippen molar-refractivity contribution < 1.29 is 4.74 Å². The highest BCUT2D eigenvalue weighted by atomic mass is 16.5. The van der Waals surface area contributed by atoms with E-state index in [0.717, 1.165) is 31.7 Å². The van der Waals surface area contributed by atoms with Crippen LogP contribution in [0.4, 0.5) is 0 Å². The molecule has 0 aliphatic carbocycles. The van der Waals surface area contributed by atoms with Crippen LogP contribution < -0.4 is 5.32 Å². The fourth-order valence-corrected chi connectivity index (χ4v) is 2.11. The number of aromatic nitrogens is 2. The summed E-state index contributed by atoms with van der Waals surface area (Å²) in [6, 6.07) is 2.86. The first kappa shape index (κ1) is 16.2. The van der Waals surface area contributed by atoms with Crippen LogP contribution in [0.1, 0.15) is 52.8 Å². The van der Waals surface area contributed by atoms with E-state index in [0.29, 0.717) is 12.1 Å². The van der Waals surface area contributed by atoms with E-state index in [9.17, 15) is 0 Å². The molecule has 0 spiro atoms. The molecule has 0 aromatic carbocycles. The van der Waals surface area contributed by atoms with Crippen LogP contribution in [0.2, 0.25) is 0 Å². The first-order valence-electron chi connectivity index (χ1n) is 7.47. The fraction of sp³-hybridized carbons (Fsp3) is 0.800. The molecule has 4 heteroatoms. The number of nitrogens with zero attached hydrogens (tertiary/aromatic N) is 2. The Morgan fingerprint density at radius 2 is 2.05 bits per heavy atom. The Morgan fingerprint density at radius 3 is 2.58 bits per heavy atom. The van der Waals surface area contributed by atoms with Crippen molar-refractivity contribution in [3.8, 4) is 0 Å². The van der Waals surface area contributed by atoms with Gasteiger partial charge in [0.2, 0.25) is 0 Å². The first-order valence-corrected chi connectivity index (χ1v) is 7.47. The smallest absolute Gasteiger partial charge is 0.0703 e. The zero-order chi connectivity index (χ0) is 14.3. The zero-order valence-electron chi connectivity index (χ0n) is 13.0. The van der Waals surface area contributed by atoms with Gasteiger partial charge in [-0.05, 0) is 46.7 Å². The van der Waals surface area contributed by atoms with Gasteiger partial charge in [-0.3, -0.25) is 4.68 Å². The van der Waals surface area contributed by atoms with Gasteiger partial charge in [-0.15, -0.1) is 0 Å². The average Bonchev–Trinajstić information content (AvgIpc) is 2.83. The predicted molar refractivity (Wildman–Crippen MR) is 79.5 cm³/mol. The van der Waals surface area contributed by atoms with E-state index < -0.39 is 0 Å². The third kappa shape index (κ3) is 5.33. The van der Waals surface area contributed by atoms with Crippen LogP contribution in [-0.2, 0) is 11.2 Å². The third-order valence-corrected chi connectivity index (χ3v) is 3.27. The van der Waals surface area contributed by atoms with Crippen LogP contribution in [0, 0.1) is 0 Å². The Hall–Kier alpha value is -0.870. The molecule has 1 rings (SSSR count). The van der Waals surface area contributed by atoms with E-state index in [1.807, 2.05) is 11.6 Å². The SMILES string of the molecule is CCCNC(Cc1ccn(C(C)C)n1)C(C)OCC. The molecule has 110 valence electrons. The molecule has 0 fully saturated rings. The molecule has 0 saturated carbocycles. The van der Waals surface area contributed by atoms with Crippen LogP contribution in [-0.4, -0.2) is 35.1 Å². The monoisotopic (exact) mass is 267 g/mol.